The molecule has 0 radical (unpaired) electrons. The van der Waals surface area contributed by atoms with E-state index in [4.69, 9.17) is 5.11 Å². The van der Waals surface area contributed by atoms with Gasteiger partial charge < -0.3 is 19.9 Å². The van der Waals surface area contributed by atoms with E-state index in [0.717, 1.165) is 18.7 Å². The summed E-state index contributed by atoms with van der Waals surface area (Å²) in [7, 11) is 0. The van der Waals surface area contributed by atoms with Crippen LogP contribution in [0.1, 0.15) is 35.4 Å². The van der Waals surface area contributed by atoms with Gasteiger partial charge in [0, 0.05) is 30.7 Å². The summed E-state index contributed by atoms with van der Waals surface area (Å²) in [5, 5.41) is 11.7. The maximum Gasteiger partial charge on any atom is 0.322 e. The first-order valence-corrected chi connectivity index (χ1v) is 8.12. The van der Waals surface area contributed by atoms with Crippen molar-refractivity contribution in [1.82, 2.24) is 9.47 Å². The normalized spacial score (nSPS) is 16.5. The second-order valence-electron chi connectivity index (χ2n) is 5.84. The van der Waals surface area contributed by atoms with Crippen LogP contribution in [0.2, 0.25) is 0 Å². The molecule has 1 aliphatic heterocycles. The van der Waals surface area contributed by atoms with Gasteiger partial charge in [-0.3, -0.25) is 9.59 Å². The van der Waals surface area contributed by atoms with E-state index in [1.807, 2.05) is 17.2 Å². The number of hydrogen-bond acceptors (Lipinski definition) is 3. The average Bonchev–Trinajstić information content (AvgIpc) is 3.07. The summed E-state index contributed by atoms with van der Waals surface area (Å²) in [6.45, 7) is 3.27. The molecule has 6 heteroatoms. The summed E-state index contributed by atoms with van der Waals surface area (Å²) in [4.78, 5) is 25.8. The molecule has 1 aromatic heterocycles. The lowest BCUT2D eigenvalue weighted by Crippen LogP contribution is -2.42. The SMILES string of the molecule is CC[C@H]1c2cccn2CCN1C(=O)c1ccccc1NCC(=O)O. The largest absolute Gasteiger partial charge is 0.480 e. The Bertz CT molecular complexity index is 753. The zero-order valence-electron chi connectivity index (χ0n) is 13.6. The van der Waals surface area contributed by atoms with E-state index in [9.17, 15) is 9.59 Å². The molecular weight excluding hydrogens is 306 g/mol. The first-order valence-electron chi connectivity index (χ1n) is 8.12. The number of nitrogens with one attached hydrogen (secondary N) is 1. The van der Waals surface area contributed by atoms with Gasteiger partial charge >= 0.3 is 5.97 Å². The molecule has 0 bridgehead atoms. The molecule has 1 aromatic carbocycles. The van der Waals surface area contributed by atoms with Crippen LogP contribution in [0.3, 0.4) is 0 Å². The average molecular weight is 327 g/mol. The maximum atomic E-state index is 13.1. The van der Waals surface area contributed by atoms with Crippen molar-refractivity contribution in [3.05, 3.63) is 53.9 Å². The summed E-state index contributed by atoms with van der Waals surface area (Å²) in [5.41, 5.74) is 2.21. The molecule has 3 rings (SSSR count). The molecular formula is C18H21N3O3. The van der Waals surface area contributed by atoms with Crippen LogP contribution in [0.15, 0.2) is 42.6 Å². The van der Waals surface area contributed by atoms with Crippen LogP contribution in [0.4, 0.5) is 5.69 Å². The minimum absolute atomic E-state index is 0.0359. The van der Waals surface area contributed by atoms with E-state index in [0.29, 0.717) is 17.8 Å². The Kier molecular flexibility index (Phi) is 4.55. The van der Waals surface area contributed by atoms with Gasteiger partial charge in [0.25, 0.3) is 5.91 Å². The van der Waals surface area contributed by atoms with Crippen molar-refractivity contribution in [1.29, 1.82) is 0 Å². The molecule has 2 aromatic rings. The number of anilines is 1. The molecule has 0 fully saturated rings. The number of para-hydroxylation sites is 1. The Balaban J connectivity index is 1.88. The number of rotatable bonds is 5. The molecule has 2 heterocycles. The summed E-state index contributed by atoms with van der Waals surface area (Å²) < 4.78 is 2.19. The van der Waals surface area contributed by atoms with Gasteiger partial charge in [-0.05, 0) is 30.7 Å². The molecule has 24 heavy (non-hydrogen) atoms. The number of carbonyl (C=O) groups excluding carboxylic acids is 1. The smallest absolute Gasteiger partial charge is 0.322 e. The molecule has 1 atom stereocenters. The Morgan fingerprint density at radius 1 is 1.21 bits per heavy atom. The third kappa shape index (κ3) is 2.99. The van der Waals surface area contributed by atoms with Crippen LogP contribution in [0, 0.1) is 0 Å². The Labute approximate surface area is 140 Å². The van der Waals surface area contributed by atoms with Crippen molar-refractivity contribution < 1.29 is 14.7 Å². The monoisotopic (exact) mass is 327 g/mol. The first-order chi connectivity index (χ1) is 11.6. The van der Waals surface area contributed by atoms with Crippen LogP contribution in [-0.4, -0.2) is 39.5 Å². The molecule has 6 nitrogen and oxygen atoms in total. The van der Waals surface area contributed by atoms with Gasteiger partial charge in [0.2, 0.25) is 0 Å². The Morgan fingerprint density at radius 2 is 2.00 bits per heavy atom. The van der Waals surface area contributed by atoms with Crippen LogP contribution in [0.25, 0.3) is 0 Å². The van der Waals surface area contributed by atoms with E-state index in [2.05, 4.69) is 22.9 Å². The number of carboxylic acids is 1. The third-order valence-corrected chi connectivity index (χ3v) is 4.40. The molecule has 1 aliphatic rings. The summed E-state index contributed by atoms with van der Waals surface area (Å²) in [5.74, 6) is -1.03. The van der Waals surface area contributed by atoms with Gasteiger partial charge in [0.05, 0.1) is 11.6 Å². The highest BCUT2D eigenvalue weighted by molar-refractivity contribution is 6.00. The fraction of sp³-hybridized carbons (Fsp3) is 0.333. The molecule has 0 spiro atoms. The highest BCUT2D eigenvalue weighted by Crippen LogP contribution is 2.31. The lowest BCUT2D eigenvalue weighted by molar-refractivity contribution is -0.134. The van der Waals surface area contributed by atoms with E-state index in [1.165, 1.54) is 0 Å². The zero-order valence-corrected chi connectivity index (χ0v) is 13.6. The molecule has 0 saturated carbocycles. The number of nitrogens with zero attached hydrogens (tertiary/aromatic N) is 2. The number of aliphatic carboxylic acids is 1. The van der Waals surface area contributed by atoms with Gasteiger partial charge in [0.1, 0.15) is 6.54 Å². The molecule has 0 unspecified atom stereocenters. The van der Waals surface area contributed by atoms with Crippen molar-refractivity contribution in [2.24, 2.45) is 0 Å². The van der Waals surface area contributed by atoms with E-state index >= 15 is 0 Å². The summed E-state index contributed by atoms with van der Waals surface area (Å²) >= 11 is 0. The van der Waals surface area contributed by atoms with Gasteiger partial charge in [0.15, 0.2) is 0 Å². The first kappa shape index (κ1) is 16.1. The molecule has 126 valence electrons. The predicted molar refractivity (Wildman–Crippen MR) is 91.1 cm³/mol. The summed E-state index contributed by atoms with van der Waals surface area (Å²) in [6.07, 6.45) is 2.88. The highest BCUT2D eigenvalue weighted by atomic mass is 16.4. The topological polar surface area (TPSA) is 74.6 Å². The number of carbonyl (C=O) groups is 2. The Morgan fingerprint density at radius 3 is 2.75 bits per heavy atom. The predicted octanol–water partition coefficient (Wildman–Crippen LogP) is 2.59. The van der Waals surface area contributed by atoms with Crippen molar-refractivity contribution >= 4 is 17.6 Å². The molecule has 2 N–H and O–H groups in total. The number of benzene rings is 1. The molecule has 0 saturated heterocycles. The second kappa shape index (κ2) is 6.78. The molecule has 0 aliphatic carbocycles. The van der Waals surface area contributed by atoms with Crippen molar-refractivity contribution in [2.45, 2.75) is 25.9 Å². The number of aromatic nitrogens is 1. The quantitative estimate of drug-likeness (QED) is 0.885. The van der Waals surface area contributed by atoms with E-state index in [-0.39, 0.29) is 18.5 Å². The minimum Gasteiger partial charge on any atom is -0.480 e. The highest BCUT2D eigenvalue weighted by Gasteiger charge is 2.31. The minimum atomic E-state index is -0.959. The van der Waals surface area contributed by atoms with Gasteiger partial charge in [-0.1, -0.05) is 19.1 Å². The van der Waals surface area contributed by atoms with Gasteiger partial charge in [-0.2, -0.15) is 0 Å². The van der Waals surface area contributed by atoms with E-state index in [1.54, 1.807) is 24.3 Å². The zero-order chi connectivity index (χ0) is 17.1. The lowest BCUT2D eigenvalue weighted by atomic mass is 10.0. The molecule has 1 amide bonds. The van der Waals surface area contributed by atoms with Crippen molar-refractivity contribution in [3.8, 4) is 0 Å². The van der Waals surface area contributed by atoms with Crippen molar-refractivity contribution in [3.63, 3.8) is 0 Å². The lowest BCUT2D eigenvalue weighted by Gasteiger charge is -2.37. The van der Waals surface area contributed by atoms with Crippen LogP contribution < -0.4 is 5.32 Å². The van der Waals surface area contributed by atoms with Crippen LogP contribution >= 0.6 is 0 Å². The number of fused-ring (bicyclic) bond motifs is 1. The third-order valence-electron chi connectivity index (χ3n) is 4.40. The fourth-order valence-corrected chi connectivity index (χ4v) is 3.29. The van der Waals surface area contributed by atoms with Gasteiger partial charge in [-0.25, -0.2) is 0 Å². The number of amides is 1. The Hall–Kier alpha value is -2.76. The van der Waals surface area contributed by atoms with Crippen molar-refractivity contribution in [2.75, 3.05) is 18.4 Å². The van der Waals surface area contributed by atoms with Gasteiger partial charge in [-0.15, -0.1) is 0 Å². The second-order valence-corrected chi connectivity index (χ2v) is 5.84. The fourth-order valence-electron chi connectivity index (χ4n) is 3.29. The summed E-state index contributed by atoms with van der Waals surface area (Å²) in [6, 6.07) is 11.2. The standard InChI is InChI=1S/C18H21N3O3/c1-2-15-16-8-5-9-20(16)10-11-21(15)18(24)13-6-3-4-7-14(13)19-12-17(22)23/h3-9,15,19H,2,10-12H2,1H3,(H,22,23)/t15-/m0/s1. The number of hydrogen-bond donors (Lipinski definition) is 2. The maximum absolute atomic E-state index is 13.1. The van der Waals surface area contributed by atoms with Crippen LogP contribution in [0.5, 0.6) is 0 Å². The number of carboxylic acid groups (broad SMARTS) is 1. The van der Waals surface area contributed by atoms with Crippen LogP contribution in [-0.2, 0) is 11.3 Å². The van der Waals surface area contributed by atoms with E-state index < -0.39 is 5.97 Å².